The first-order valence-corrected chi connectivity index (χ1v) is 3.45. The van der Waals surface area contributed by atoms with E-state index < -0.39 is 24.2 Å². The molecule has 2 amide bonds. The van der Waals surface area contributed by atoms with Gasteiger partial charge in [-0.05, 0) is 6.08 Å². The highest BCUT2D eigenvalue weighted by Crippen LogP contribution is 1.77. The van der Waals surface area contributed by atoms with Crippen molar-refractivity contribution in [2.75, 3.05) is 6.67 Å². The number of hydrogen-bond acceptors (Lipinski definition) is 3. The number of aliphatic carboxylic acids is 1. The van der Waals surface area contributed by atoms with Crippen LogP contribution < -0.4 is 10.6 Å². The summed E-state index contributed by atoms with van der Waals surface area (Å²) in [6, 6.07) is 0. The molecule has 0 aliphatic rings. The minimum atomic E-state index is -1.22. The zero-order chi connectivity index (χ0) is 10.3. The Kier molecular flexibility index (Phi) is 4.94. The van der Waals surface area contributed by atoms with Gasteiger partial charge in [-0.2, -0.15) is 0 Å². The van der Waals surface area contributed by atoms with E-state index in [0.717, 1.165) is 6.08 Å². The van der Waals surface area contributed by atoms with Crippen LogP contribution in [-0.2, 0) is 14.4 Å². The lowest BCUT2D eigenvalue weighted by Gasteiger charge is -2.03. The van der Waals surface area contributed by atoms with E-state index in [1.807, 2.05) is 0 Å². The van der Waals surface area contributed by atoms with E-state index in [1.54, 1.807) is 0 Å². The Labute approximate surface area is 74.6 Å². The molecule has 6 nitrogen and oxygen atoms in total. The predicted octanol–water partition coefficient (Wildman–Crippen LogP) is -1.16. The second-order valence-corrected chi connectivity index (χ2v) is 2.09. The summed E-state index contributed by atoms with van der Waals surface area (Å²) in [5, 5.41) is 12.6. The predicted molar refractivity (Wildman–Crippen MR) is 43.6 cm³/mol. The van der Waals surface area contributed by atoms with Crippen molar-refractivity contribution in [3.05, 3.63) is 12.7 Å². The highest BCUT2D eigenvalue weighted by Gasteiger charge is 2.05. The van der Waals surface area contributed by atoms with Crippen molar-refractivity contribution in [2.45, 2.75) is 6.42 Å². The quantitative estimate of drug-likeness (QED) is 0.286. The molecule has 13 heavy (non-hydrogen) atoms. The molecule has 0 aliphatic heterocycles. The SMILES string of the molecule is C=CC(=O)NCNC(=O)CC(=O)O. The lowest BCUT2D eigenvalue weighted by Crippen LogP contribution is -2.37. The van der Waals surface area contributed by atoms with Gasteiger partial charge in [0.15, 0.2) is 0 Å². The van der Waals surface area contributed by atoms with Gasteiger partial charge in [-0.15, -0.1) is 0 Å². The highest BCUT2D eigenvalue weighted by atomic mass is 16.4. The molecule has 0 spiro atoms. The van der Waals surface area contributed by atoms with Crippen LogP contribution in [0.3, 0.4) is 0 Å². The second kappa shape index (κ2) is 5.76. The summed E-state index contributed by atoms with van der Waals surface area (Å²) in [5.41, 5.74) is 0. The van der Waals surface area contributed by atoms with E-state index in [1.165, 1.54) is 0 Å². The number of carbonyl (C=O) groups is 3. The van der Waals surface area contributed by atoms with Gasteiger partial charge in [0, 0.05) is 0 Å². The molecule has 0 aromatic heterocycles. The number of amides is 2. The Morgan fingerprint density at radius 2 is 1.92 bits per heavy atom. The van der Waals surface area contributed by atoms with E-state index in [4.69, 9.17) is 5.11 Å². The Bertz CT molecular complexity index is 237. The number of carbonyl (C=O) groups excluding carboxylic acids is 2. The molecule has 72 valence electrons. The average molecular weight is 186 g/mol. The van der Waals surface area contributed by atoms with Crippen molar-refractivity contribution >= 4 is 17.8 Å². The van der Waals surface area contributed by atoms with Gasteiger partial charge in [0.05, 0.1) is 6.67 Å². The minimum Gasteiger partial charge on any atom is -0.481 e. The lowest BCUT2D eigenvalue weighted by molar-refractivity contribution is -0.140. The van der Waals surface area contributed by atoms with Gasteiger partial charge in [-0.3, -0.25) is 14.4 Å². The van der Waals surface area contributed by atoms with E-state index in [-0.39, 0.29) is 6.67 Å². The number of carboxylic acids is 1. The molecule has 0 rings (SSSR count). The first-order chi connectivity index (χ1) is 6.06. The molecule has 0 fully saturated rings. The standard InChI is InChI=1S/C7H10N2O4/c1-2-5(10)8-4-9-6(11)3-7(12)13/h2H,1,3-4H2,(H,8,10)(H,9,11)(H,12,13). The molecule has 0 aromatic carbocycles. The van der Waals surface area contributed by atoms with Crippen LogP contribution in [0.2, 0.25) is 0 Å². The summed E-state index contributed by atoms with van der Waals surface area (Å²) in [6.07, 6.45) is 0.438. The van der Waals surface area contributed by atoms with Crippen molar-refractivity contribution in [2.24, 2.45) is 0 Å². The van der Waals surface area contributed by atoms with Crippen molar-refractivity contribution in [3.8, 4) is 0 Å². The Balaban J connectivity index is 3.53. The first-order valence-electron chi connectivity index (χ1n) is 3.45. The van der Waals surface area contributed by atoms with E-state index in [9.17, 15) is 14.4 Å². The van der Waals surface area contributed by atoms with Crippen molar-refractivity contribution in [3.63, 3.8) is 0 Å². The smallest absolute Gasteiger partial charge is 0.312 e. The monoisotopic (exact) mass is 186 g/mol. The number of carboxylic acid groups (broad SMARTS) is 1. The summed E-state index contributed by atoms with van der Waals surface area (Å²) in [5.74, 6) is -2.31. The molecule has 0 unspecified atom stereocenters. The normalized spacial score (nSPS) is 8.62. The number of hydrogen-bond donors (Lipinski definition) is 3. The van der Waals surface area contributed by atoms with Gasteiger partial charge in [0.2, 0.25) is 11.8 Å². The Morgan fingerprint density at radius 3 is 2.38 bits per heavy atom. The van der Waals surface area contributed by atoms with Gasteiger partial charge < -0.3 is 15.7 Å². The second-order valence-electron chi connectivity index (χ2n) is 2.09. The fourth-order valence-corrected chi connectivity index (χ4v) is 0.502. The van der Waals surface area contributed by atoms with E-state index in [0.29, 0.717) is 0 Å². The van der Waals surface area contributed by atoms with Crippen LogP contribution in [0.4, 0.5) is 0 Å². The van der Waals surface area contributed by atoms with E-state index >= 15 is 0 Å². The minimum absolute atomic E-state index is 0.100. The van der Waals surface area contributed by atoms with Gasteiger partial charge in [0.25, 0.3) is 0 Å². The molecule has 0 atom stereocenters. The summed E-state index contributed by atoms with van der Waals surface area (Å²) in [4.78, 5) is 31.2. The third-order valence-corrected chi connectivity index (χ3v) is 1.05. The van der Waals surface area contributed by atoms with Crippen LogP contribution in [0.1, 0.15) is 6.42 Å². The van der Waals surface area contributed by atoms with Gasteiger partial charge in [-0.1, -0.05) is 6.58 Å². The third kappa shape index (κ3) is 6.54. The maximum absolute atomic E-state index is 10.7. The molecule has 0 heterocycles. The van der Waals surface area contributed by atoms with Crippen LogP contribution in [0.25, 0.3) is 0 Å². The summed E-state index contributed by atoms with van der Waals surface area (Å²) < 4.78 is 0. The van der Waals surface area contributed by atoms with Crippen molar-refractivity contribution < 1.29 is 19.5 Å². The molecule has 0 saturated heterocycles. The fraction of sp³-hybridized carbons (Fsp3) is 0.286. The van der Waals surface area contributed by atoms with E-state index in [2.05, 4.69) is 17.2 Å². The Morgan fingerprint density at radius 1 is 1.31 bits per heavy atom. The third-order valence-electron chi connectivity index (χ3n) is 1.05. The average Bonchev–Trinajstić information content (AvgIpc) is 2.02. The molecular formula is C7H10N2O4. The first kappa shape index (κ1) is 11.2. The highest BCUT2D eigenvalue weighted by molar-refractivity contribution is 5.93. The maximum Gasteiger partial charge on any atom is 0.312 e. The van der Waals surface area contributed by atoms with Crippen LogP contribution in [0.15, 0.2) is 12.7 Å². The molecule has 3 N–H and O–H groups in total. The largest absolute Gasteiger partial charge is 0.481 e. The summed E-state index contributed by atoms with van der Waals surface area (Å²) >= 11 is 0. The van der Waals surface area contributed by atoms with Crippen molar-refractivity contribution in [1.29, 1.82) is 0 Å². The summed E-state index contributed by atoms with van der Waals surface area (Å²) in [7, 11) is 0. The van der Waals surface area contributed by atoms with Gasteiger partial charge in [0.1, 0.15) is 6.42 Å². The molecule has 0 radical (unpaired) electrons. The molecule has 0 aliphatic carbocycles. The molecule has 0 bridgehead atoms. The Hall–Kier alpha value is -1.85. The van der Waals surface area contributed by atoms with Crippen LogP contribution in [0, 0.1) is 0 Å². The van der Waals surface area contributed by atoms with Crippen LogP contribution in [-0.4, -0.2) is 29.6 Å². The molecular weight excluding hydrogens is 176 g/mol. The van der Waals surface area contributed by atoms with Gasteiger partial charge in [-0.25, -0.2) is 0 Å². The van der Waals surface area contributed by atoms with Crippen LogP contribution >= 0.6 is 0 Å². The number of rotatable bonds is 5. The summed E-state index contributed by atoms with van der Waals surface area (Å²) in [6.45, 7) is 3.09. The van der Waals surface area contributed by atoms with Gasteiger partial charge >= 0.3 is 5.97 Å². The zero-order valence-electron chi connectivity index (χ0n) is 6.87. The molecule has 6 heteroatoms. The number of nitrogens with one attached hydrogen (secondary N) is 2. The molecule has 0 saturated carbocycles. The topological polar surface area (TPSA) is 95.5 Å². The lowest BCUT2D eigenvalue weighted by atomic mass is 10.4. The van der Waals surface area contributed by atoms with Crippen molar-refractivity contribution in [1.82, 2.24) is 10.6 Å². The van der Waals surface area contributed by atoms with Crippen LogP contribution in [0.5, 0.6) is 0 Å². The molecule has 0 aromatic rings. The zero-order valence-corrected chi connectivity index (χ0v) is 6.87. The fourth-order valence-electron chi connectivity index (χ4n) is 0.502. The maximum atomic E-state index is 10.7.